The van der Waals surface area contributed by atoms with E-state index in [1.807, 2.05) is 0 Å². The SMILES string of the molecule is C[Si]1(C)c2ccc(N(c3ccccc3)c3ccc4c5ccccc5n(-c5ccccc5)c4c3)cc2-c2c1c(N(c1ccc3c(c1)oc1c4ccccc4ccc31)c1ccc(-c3ccccc3)c3ccccc13)cc1cc3ccccc3cc21. The molecule has 5 heteroatoms. The maximum absolute atomic E-state index is 7.05. The van der Waals surface area contributed by atoms with Gasteiger partial charge in [-0.15, -0.1) is 0 Å². The summed E-state index contributed by atoms with van der Waals surface area (Å²) in [7, 11) is -2.58. The van der Waals surface area contributed by atoms with Crippen LogP contribution in [-0.4, -0.2) is 12.6 Å². The molecule has 0 N–H and O–H groups in total. The Balaban J connectivity index is 0.937. The molecule has 0 unspecified atom stereocenters. The van der Waals surface area contributed by atoms with Crippen LogP contribution in [0.2, 0.25) is 13.1 Å². The third-order valence-electron chi connectivity index (χ3n) is 17.8. The molecule has 0 radical (unpaired) electrons. The molecule has 1 aliphatic rings. The molecule has 4 nitrogen and oxygen atoms in total. The molecule has 3 heterocycles. The van der Waals surface area contributed by atoms with Gasteiger partial charge in [0.1, 0.15) is 19.2 Å². The summed E-state index contributed by atoms with van der Waals surface area (Å²) in [4.78, 5) is 5.04. The van der Waals surface area contributed by atoms with Gasteiger partial charge in [-0.05, 0) is 162 Å². The minimum Gasteiger partial charge on any atom is -0.455 e. The van der Waals surface area contributed by atoms with Gasteiger partial charge in [-0.25, -0.2) is 0 Å². The first-order valence-corrected chi connectivity index (χ1v) is 31.7. The lowest BCUT2D eigenvalue weighted by Crippen LogP contribution is -2.50. The number of nitrogens with zero attached hydrogens (tertiary/aromatic N) is 3. The minimum atomic E-state index is -2.58. The van der Waals surface area contributed by atoms with Crippen molar-refractivity contribution in [2.24, 2.45) is 0 Å². The predicted molar refractivity (Wildman–Crippen MR) is 355 cm³/mol. The van der Waals surface area contributed by atoms with Crippen molar-refractivity contribution in [1.29, 1.82) is 0 Å². The second-order valence-electron chi connectivity index (χ2n) is 22.8. The molecule has 0 amide bonds. The average molecular weight is 1080 g/mol. The molecule has 0 saturated carbocycles. The third-order valence-corrected chi connectivity index (χ3v) is 21.4. The van der Waals surface area contributed by atoms with Gasteiger partial charge in [0.25, 0.3) is 0 Å². The molecule has 2 aromatic heterocycles. The molecule has 1 aliphatic heterocycles. The van der Waals surface area contributed by atoms with Crippen LogP contribution < -0.4 is 20.2 Å². The Bertz CT molecular complexity index is 5310. The van der Waals surface area contributed by atoms with E-state index in [-0.39, 0.29) is 0 Å². The molecule has 0 bridgehead atoms. The Labute approximate surface area is 481 Å². The topological polar surface area (TPSA) is 24.6 Å². The van der Waals surface area contributed by atoms with E-state index in [1.54, 1.807) is 0 Å². The Hall–Kier alpha value is -10.5. The lowest BCUT2D eigenvalue weighted by molar-refractivity contribution is 0.672. The fourth-order valence-corrected chi connectivity index (χ4v) is 17.4. The molecule has 16 aromatic rings. The fourth-order valence-electron chi connectivity index (χ4n) is 14.1. The third kappa shape index (κ3) is 7.24. The fraction of sp³-hybridized carbons (Fsp3) is 0.0256. The first kappa shape index (κ1) is 47.4. The van der Waals surface area contributed by atoms with Crippen LogP contribution in [0.3, 0.4) is 0 Å². The predicted octanol–water partition coefficient (Wildman–Crippen LogP) is 20.7. The van der Waals surface area contributed by atoms with Crippen molar-refractivity contribution >= 4 is 139 Å². The van der Waals surface area contributed by atoms with Crippen molar-refractivity contribution in [2.45, 2.75) is 13.1 Å². The molecule has 83 heavy (non-hydrogen) atoms. The molecular weight excluding hydrogens is 1020 g/mol. The molecule has 390 valence electrons. The van der Waals surface area contributed by atoms with Gasteiger partial charge < -0.3 is 18.8 Å². The van der Waals surface area contributed by atoms with Gasteiger partial charge in [0.2, 0.25) is 0 Å². The Morgan fingerprint density at radius 2 is 0.940 bits per heavy atom. The second kappa shape index (κ2) is 18.3. The Kier molecular flexibility index (Phi) is 10.4. The average Bonchev–Trinajstić information content (AvgIpc) is 1.82. The van der Waals surface area contributed by atoms with Crippen molar-refractivity contribution < 1.29 is 4.42 Å². The van der Waals surface area contributed by atoms with Crippen molar-refractivity contribution in [2.75, 3.05) is 9.80 Å². The van der Waals surface area contributed by atoms with E-state index < -0.39 is 8.07 Å². The first-order chi connectivity index (χ1) is 40.9. The molecule has 0 atom stereocenters. The van der Waals surface area contributed by atoms with Gasteiger partial charge in [0.15, 0.2) is 0 Å². The lowest BCUT2D eigenvalue weighted by Gasteiger charge is -2.33. The first-order valence-electron chi connectivity index (χ1n) is 28.7. The number of rotatable bonds is 8. The molecule has 0 aliphatic carbocycles. The molecule has 0 spiro atoms. The number of para-hydroxylation sites is 3. The minimum absolute atomic E-state index is 0.861. The van der Waals surface area contributed by atoms with Gasteiger partial charge >= 0.3 is 0 Å². The summed E-state index contributed by atoms with van der Waals surface area (Å²) in [6.45, 7) is 5.14. The summed E-state index contributed by atoms with van der Waals surface area (Å²) in [5, 5.41) is 17.1. The highest BCUT2D eigenvalue weighted by Gasteiger charge is 2.43. The van der Waals surface area contributed by atoms with Crippen LogP contribution in [0.1, 0.15) is 0 Å². The summed E-state index contributed by atoms with van der Waals surface area (Å²) in [6.07, 6.45) is 0. The van der Waals surface area contributed by atoms with Crippen LogP contribution in [0, 0.1) is 0 Å². The van der Waals surface area contributed by atoms with Crippen LogP contribution in [0.4, 0.5) is 34.1 Å². The summed E-state index contributed by atoms with van der Waals surface area (Å²) in [6, 6.07) is 105. The van der Waals surface area contributed by atoms with Crippen LogP contribution in [0.15, 0.2) is 290 Å². The molecule has 0 saturated heterocycles. The van der Waals surface area contributed by atoms with E-state index in [1.165, 1.54) is 92.3 Å². The monoisotopic (exact) mass is 1080 g/mol. The normalized spacial score (nSPS) is 12.8. The summed E-state index contributed by atoms with van der Waals surface area (Å²) >= 11 is 0. The summed E-state index contributed by atoms with van der Waals surface area (Å²) in [5.74, 6) is 0. The van der Waals surface area contributed by atoms with Crippen LogP contribution in [-0.2, 0) is 0 Å². The highest BCUT2D eigenvalue weighted by molar-refractivity contribution is 7.05. The van der Waals surface area contributed by atoms with E-state index >= 15 is 0 Å². The lowest BCUT2D eigenvalue weighted by atomic mass is 9.93. The van der Waals surface area contributed by atoms with Crippen LogP contribution >= 0.6 is 0 Å². The zero-order valence-electron chi connectivity index (χ0n) is 45.9. The number of furan rings is 1. The smallest absolute Gasteiger partial charge is 0.143 e. The Morgan fingerprint density at radius 1 is 0.337 bits per heavy atom. The van der Waals surface area contributed by atoms with E-state index in [0.29, 0.717) is 0 Å². The number of anilines is 6. The number of hydrogen-bond acceptors (Lipinski definition) is 3. The van der Waals surface area contributed by atoms with Crippen molar-refractivity contribution in [1.82, 2.24) is 4.57 Å². The molecular formula is C78H53N3OSi. The van der Waals surface area contributed by atoms with Crippen molar-refractivity contribution in [3.05, 3.63) is 285 Å². The molecule has 14 aromatic carbocycles. The standard InChI is InChI=1S/C78H53N3OSi/c1-83(2)75-43-37-57(79(55-25-8-4-9-26-55)58-35-39-65-64-32-18-19-33-70(64)80(72(65)48-58)56-27-10-5-11-28-56)47-69(75)76-68-45-53-24-13-12-23-52(53)44-54(68)46-73(78(76)83)81(71-42-41-60(50-20-6-3-7-21-50)62-30-16-17-31-63(62)71)59-36-40-66-67-38-34-51-22-14-15-29-61(51)77(67)82-74(66)49-59/h3-49H,1-2H3. The van der Waals surface area contributed by atoms with Gasteiger partial charge in [0, 0.05) is 72.5 Å². The van der Waals surface area contributed by atoms with E-state index in [4.69, 9.17) is 4.42 Å². The van der Waals surface area contributed by atoms with Gasteiger partial charge in [-0.1, -0.05) is 195 Å². The van der Waals surface area contributed by atoms with Gasteiger partial charge in [0.05, 0.1) is 16.7 Å². The zero-order valence-corrected chi connectivity index (χ0v) is 46.9. The summed E-state index contributed by atoms with van der Waals surface area (Å²) in [5.41, 5.74) is 16.9. The quantitative estimate of drug-likeness (QED) is 0.112. The molecule has 17 rings (SSSR count). The largest absolute Gasteiger partial charge is 0.455 e. The number of benzene rings is 14. The second-order valence-corrected chi connectivity index (χ2v) is 27.1. The van der Waals surface area contributed by atoms with Crippen molar-refractivity contribution in [3.63, 3.8) is 0 Å². The zero-order chi connectivity index (χ0) is 54.9. The van der Waals surface area contributed by atoms with Crippen LogP contribution in [0.5, 0.6) is 0 Å². The highest BCUT2D eigenvalue weighted by Crippen LogP contribution is 2.50. The highest BCUT2D eigenvalue weighted by atomic mass is 28.3. The van der Waals surface area contributed by atoms with Gasteiger partial charge in [-0.3, -0.25) is 0 Å². The van der Waals surface area contributed by atoms with Crippen LogP contribution in [0.25, 0.3) is 115 Å². The summed E-state index contributed by atoms with van der Waals surface area (Å²) < 4.78 is 9.47. The Morgan fingerprint density at radius 3 is 1.73 bits per heavy atom. The van der Waals surface area contributed by atoms with E-state index in [0.717, 1.165) is 67.0 Å². The number of aromatic nitrogens is 1. The van der Waals surface area contributed by atoms with E-state index in [2.05, 4.69) is 313 Å². The number of hydrogen-bond donors (Lipinski definition) is 0. The van der Waals surface area contributed by atoms with Gasteiger partial charge in [-0.2, -0.15) is 0 Å². The van der Waals surface area contributed by atoms with E-state index in [9.17, 15) is 0 Å². The maximum Gasteiger partial charge on any atom is 0.143 e. The number of fused-ring (bicyclic) bond motifs is 15. The molecule has 0 fully saturated rings. The maximum atomic E-state index is 7.05. The van der Waals surface area contributed by atoms with Crippen molar-refractivity contribution in [3.8, 4) is 27.9 Å².